The van der Waals surface area contributed by atoms with Crippen molar-refractivity contribution in [1.82, 2.24) is 0 Å². The summed E-state index contributed by atoms with van der Waals surface area (Å²) >= 11 is 0. The maximum Gasteiger partial charge on any atom is 0.129 e. The average Bonchev–Trinajstić information content (AvgIpc) is 2.37. The molecule has 0 aliphatic heterocycles. The van der Waals surface area contributed by atoms with Crippen LogP contribution in [-0.4, -0.2) is 8.07 Å². The summed E-state index contributed by atoms with van der Waals surface area (Å²) in [5.41, 5.74) is 8.24. The van der Waals surface area contributed by atoms with Crippen molar-refractivity contribution in [2.24, 2.45) is 10.8 Å². The van der Waals surface area contributed by atoms with Gasteiger partial charge in [-0.25, -0.2) is 4.39 Å². The maximum atomic E-state index is 13.7. The fourth-order valence-corrected chi connectivity index (χ4v) is 4.40. The van der Waals surface area contributed by atoms with Gasteiger partial charge in [-0.15, -0.1) is 5.54 Å². The fourth-order valence-electron chi connectivity index (χ4n) is 3.90. The van der Waals surface area contributed by atoms with Crippen molar-refractivity contribution < 1.29 is 4.39 Å². The minimum Gasteiger partial charge on any atom is -0.207 e. The highest BCUT2D eigenvalue weighted by Crippen LogP contribution is 2.51. The molecule has 0 saturated heterocycles. The van der Waals surface area contributed by atoms with Crippen LogP contribution in [0.4, 0.5) is 4.39 Å². The summed E-state index contributed by atoms with van der Waals surface area (Å²) in [6.45, 7) is 17.9. The molecule has 130 valence electrons. The van der Waals surface area contributed by atoms with Crippen LogP contribution in [0.25, 0.3) is 5.57 Å². The van der Waals surface area contributed by atoms with Gasteiger partial charge in [0, 0.05) is 5.57 Å². The molecule has 0 nitrogen and oxygen atoms in total. The Morgan fingerprint density at radius 2 is 1.71 bits per heavy atom. The van der Waals surface area contributed by atoms with Gasteiger partial charge in [0.15, 0.2) is 0 Å². The Labute approximate surface area is 148 Å². The molecule has 0 spiro atoms. The number of hydrogen-bond donors (Lipinski definition) is 0. The third kappa shape index (κ3) is 4.39. The third-order valence-electron chi connectivity index (χ3n) is 4.62. The molecule has 0 amide bonds. The zero-order valence-corrected chi connectivity index (χ0v) is 17.5. The highest BCUT2D eigenvalue weighted by molar-refractivity contribution is 6.83. The highest BCUT2D eigenvalue weighted by atomic mass is 28.3. The van der Waals surface area contributed by atoms with Crippen LogP contribution in [0.5, 0.6) is 0 Å². The molecule has 1 aromatic rings. The van der Waals surface area contributed by atoms with E-state index in [-0.39, 0.29) is 16.6 Å². The molecule has 0 N–H and O–H groups in total. The second-order valence-electron chi connectivity index (χ2n) is 9.72. The smallest absolute Gasteiger partial charge is 0.129 e. The first kappa shape index (κ1) is 19.0. The van der Waals surface area contributed by atoms with Crippen LogP contribution in [-0.2, 0) is 0 Å². The second-order valence-corrected chi connectivity index (χ2v) is 14.5. The minimum absolute atomic E-state index is 0.0476. The Balaban J connectivity index is 2.70. The summed E-state index contributed by atoms with van der Waals surface area (Å²) in [7, 11) is -1.45. The molecule has 0 saturated carbocycles. The average molecular weight is 343 g/mol. The van der Waals surface area contributed by atoms with Crippen LogP contribution < -0.4 is 0 Å². The molecule has 0 bridgehead atoms. The van der Waals surface area contributed by atoms with E-state index in [0.717, 1.165) is 18.4 Å². The van der Waals surface area contributed by atoms with Gasteiger partial charge in [0.1, 0.15) is 13.9 Å². The molecule has 0 fully saturated rings. The molecule has 0 atom stereocenters. The lowest BCUT2D eigenvalue weighted by atomic mass is 9.61. The van der Waals surface area contributed by atoms with E-state index in [0.29, 0.717) is 5.56 Å². The van der Waals surface area contributed by atoms with E-state index < -0.39 is 8.07 Å². The van der Waals surface area contributed by atoms with Gasteiger partial charge < -0.3 is 0 Å². The Kier molecular flexibility index (Phi) is 4.90. The van der Waals surface area contributed by atoms with Gasteiger partial charge in [0.25, 0.3) is 0 Å². The first-order valence-corrected chi connectivity index (χ1v) is 12.3. The second kappa shape index (κ2) is 6.19. The van der Waals surface area contributed by atoms with Gasteiger partial charge in [-0.1, -0.05) is 59.3 Å². The van der Waals surface area contributed by atoms with Crippen molar-refractivity contribution in [3.63, 3.8) is 0 Å². The topological polar surface area (TPSA) is 0 Å². The van der Waals surface area contributed by atoms with Gasteiger partial charge in [0.2, 0.25) is 0 Å². The van der Waals surface area contributed by atoms with Crippen LogP contribution in [0.2, 0.25) is 19.6 Å². The van der Waals surface area contributed by atoms with Crippen molar-refractivity contribution in [2.45, 2.75) is 67.1 Å². The quantitative estimate of drug-likeness (QED) is 0.397. The van der Waals surface area contributed by atoms with Crippen molar-refractivity contribution in [1.29, 1.82) is 0 Å². The van der Waals surface area contributed by atoms with Crippen LogP contribution in [0, 0.1) is 35.0 Å². The van der Waals surface area contributed by atoms with Gasteiger partial charge in [-0.05, 0) is 59.4 Å². The van der Waals surface area contributed by atoms with Crippen molar-refractivity contribution in [3.8, 4) is 11.5 Å². The standard InChI is InChI=1S/C22H31FSi/c1-16-13-17(9-10-20(16)23)18-14-21(2,3)15-22(4,5)19(18)11-12-24(6,7)8/h9-10,13H,14-15H2,1-8H3. The van der Waals surface area contributed by atoms with Gasteiger partial charge >= 0.3 is 0 Å². The molecule has 1 aromatic carbocycles. The number of halogens is 1. The predicted octanol–water partition coefficient (Wildman–Crippen LogP) is 6.61. The van der Waals surface area contributed by atoms with Gasteiger partial charge in [0.05, 0.1) is 0 Å². The van der Waals surface area contributed by atoms with E-state index in [1.54, 1.807) is 6.07 Å². The zero-order valence-electron chi connectivity index (χ0n) is 16.5. The number of hydrogen-bond acceptors (Lipinski definition) is 0. The lowest BCUT2D eigenvalue weighted by molar-refractivity contribution is 0.221. The highest BCUT2D eigenvalue weighted by Gasteiger charge is 2.39. The van der Waals surface area contributed by atoms with Gasteiger partial charge in [-0.3, -0.25) is 0 Å². The minimum atomic E-state index is -1.45. The van der Waals surface area contributed by atoms with E-state index >= 15 is 0 Å². The van der Waals surface area contributed by atoms with Crippen LogP contribution >= 0.6 is 0 Å². The Bertz CT molecular complexity index is 733. The van der Waals surface area contributed by atoms with Crippen molar-refractivity contribution in [3.05, 3.63) is 40.7 Å². The van der Waals surface area contributed by atoms with Crippen molar-refractivity contribution in [2.75, 3.05) is 0 Å². The first-order valence-electron chi connectivity index (χ1n) is 8.84. The largest absolute Gasteiger partial charge is 0.207 e. The Hall–Kier alpha value is -1.33. The maximum absolute atomic E-state index is 13.7. The molecule has 1 aliphatic rings. The van der Waals surface area contributed by atoms with E-state index in [1.807, 2.05) is 19.1 Å². The summed E-state index contributed by atoms with van der Waals surface area (Å²) in [4.78, 5) is 0. The first-order chi connectivity index (χ1) is 10.8. The van der Waals surface area contributed by atoms with E-state index in [9.17, 15) is 4.39 Å². The third-order valence-corrected chi connectivity index (χ3v) is 5.50. The number of benzene rings is 1. The molecule has 24 heavy (non-hydrogen) atoms. The predicted molar refractivity (Wildman–Crippen MR) is 106 cm³/mol. The molecule has 0 aromatic heterocycles. The Morgan fingerprint density at radius 1 is 1.08 bits per heavy atom. The number of allylic oxidation sites excluding steroid dienone is 2. The molecular formula is C22H31FSi. The summed E-state index contributed by atoms with van der Waals surface area (Å²) in [6, 6.07) is 5.50. The van der Waals surface area contributed by atoms with Gasteiger partial charge in [-0.2, -0.15) is 0 Å². The lowest BCUT2D eigenvalue weighted by Crippen LogP contribution is -2.31. The summed E-state index contributed by atoms with van der Waals surface area (Å²) in [5.74, 6) is 3.43. The molecule has 2 rings (SSSR count). The molecular weight excluding hydrogens is 311 g/mol. The summed E-state index contributed by atoms with van der Waals surface area (Å²) in [5, 5.41) is 0. The molecule has 0 radical (unpaired) electrons. The Morgan fingerprint density at radius 3 is 2.25 bits per heavy atom. The summed E-state index contributed by atoms with van der Waals surface area (Å²) in [6.07, 6.45) is 2.12. The zero-order chi connectivity index (χ0) is 18.3. The van der Waals surface area contributed by atoms with Crippen molar-refractivity contribution >= 4 is 13.6 Å². The SMILES string of the molecule is Cc1cc(C2=C(C#C[Si](C)(C)C)C(C)(C)CC(C)(C)C2)ccc1F. The monoisotopic (exact) mass is 342 g/mol. The fraction of sp³-hybridized carbons (Fsp3) is 0.545. The van der Waals surface area contributed by atoms with Crippen LogP contribution in [0.3, 0.4) is 0 Å². The van der Waals surface area contributed by atoms with Crippen LogP contribution in [0.1, 0.15) is 51.7 Å². The van der Waals surface area contributed by atoms with E-state index in [1.165, 1.54) is 11.1 Å². The molecule has 0 unspecified atom stereocenters. The molecule has 0 heterocycles. The number of rotatable bonds is 1. The summed E-state index contributed by atoms with van der Waals surface area (Å²) < 4.78 is 13.7. The lowest BCUT2D eigenvalue weighted by Gasteiger charge is -2.42. The molecule has 2 heteroatoms. The van der Waals surface area contributed by atoms with Crippen LogP contribution in [0.15, 0.2) is 23.8 Å². The van der Waals surface area contributed by atoms with E-state index in [2.05, 4.69) is 58.8 Å². The normalized spacial score (nSPS) is 19.7. The molecule has 1 aliphatic carbocycles. The number of aryl methyl sites for hydroxylation is 1. The van der Waals surface area contributed by atoms with E-state index in [4.69, 9.17) is 0 Å².